The fraction of sp³-hybridized carbons (Fsp3) is 0.765. The van der Waals surface area contributed by atoms with E-state index in [4.69, 9.17) is 0 Å². The van der Waals surface area contributed by atoms with Crippen LogP contribution in [0.1, 0.15) is 71.0 Å². The molecule has 0 aliphatic heterocycles. The molecule has 0 amide bonds. The zero-order valence-corrected chi connectivity index (χ0v) is 13.6. The molecule has 0 bridgehead atoms. The molecule has 0 fully saturated rings. The third kappa shape index (κ3) is 6.78. The lowest BCUT2D eigenvalue weighted by atomic mass is 10.1. The lowest BCUT2D eigenvalue weighted by Gasteiger charge is -2.06. The van der Waals surface area contributed by atoms with Gasteiger partial charge in [-0.2, -0.15) is 0 Å². The normalized spacial score (nSPS) is 11.0. The number of hydrogen-bond donors (Lipinski definition) is 0. The van der Waals surface area contributed by atoms with E-state index in [9.17, 15) is 9.90 Å². The summed E-state index contributed by atoms with van der Waals surface area (Å²) in [7, 11) is 0. The molecule has 0 spiro atoms. The summed E-state index contributed by atoms with van der Waals surface area (Å²) in [5.41, 5.74) is 0. The van der Waals surface area contributed by atoms with Crippen LogP contribution in [-0.4, -0.2) is 10.5 Å². The maximum Gasteiger partial charge on any atom is 0.256 e. The number of carboxylic acids is 1. The highest BCUT2D eigenvalue weighted by Crippen LogP contribution is 2.07. The van der Waals surface area contributed by atoms with Crippen LogP contribution >= 0.6 is 0 Å². The SMILES string of the molecule is CCCCCCc1n(CCCC)cc[n+]1CCCC(=O)[O-]. The van der Waals surface area contributed by atoms with Crippen LogP contribution in [0.15, 0.2) is 12.4 Å². The number of nitrogens with zero attached hydrogens (tertiary/aromatic N) is 2. The second-order valence-corrected chi connectivity index (χ2v) is 5.74. The molecule has 0 aromatic carbocycles. The van der Waals surface area contributed by atoms with Gasteiger partial charge in [-0.25, -0.2) is 9.13 Å². The highest BCUT2D eigenvalue weighted by Gasteiger charge is 2.16. The van der Waals surface area contributed by atoms with Crippen molar-refractivity contribution >= 4 is 5.97 Å². The predicted molar refractivity (Wildman–Crippen MR) is 81.6 cm³/mol. The van der Waals surface area contributed by atoms with Gasteiger partial charge in [-0.1, -0.05) is 39.5 Å². The van der Waals surface area contributed by atoms with E-state index in [-0.39, 0.29) is 6.42 Å². The Labute approximate surface area is 128 Å². The molecular formula is C17H30N2O2. The van der Waals surface area contributed by atoms with Gasteiger partial charge in [-0.15, -0.1) is 0 Å². The summed E-state index contributed by atoms with van der Waals surface area (Å²) in [4.78, 5) is 10.5. The molecule has 1 rings (SSSR count). The van der Waals surface area contributed by atoms with E-state index in [0.29, 0.717) is 6.42 Å². The zero-order valence-electron chi connectivity index (χ0n) is 13.6. The summed E-state index contributed by atoms with van der Waals surface area (Å²) in [6.07, 6.45) is 13.5. The molecule has 1 aromatic rings. The second kappa shape index (κ2) is 10.4. The zero-order chi connectivity index (χ0) is 15.5. The highest BCUT2D eigenvalue weighted by molar-refractivity contribution is 5.63. The van der Waals surface area contributed by atoms with E-state index in [1.807, 2.05) is 0 Å². The van der Waals surface area contributed by atoms with Crippen LogP contribution < -0.4 is 9.67 Å². The van der Waals surface area contributed by atoms with Gasteiger partial charge in [0.25, 0.3) is 5.82 Å². The Morgan fingerprint density at radius 3 is 2.57 bits per heavy atom. The Morgan fingerprint density at radius 1 is 1.14 bits per heavy atom. The number of aliphatic carboxylic acids is 1. The Morgan fingerprint density at radius 2 is 1.90 bits per heavy atom. The Bertz CT molecular complexity index is 413. The first-order valence-electron chi connectivity index (χ1n) is 8.46. The van der Waals surface area contributed by atoms with Gasteiger partial charge in [0.2, 0.25) is 0 Å². The molecule has 21 heavy (non-hydrogen) atoms. The number of aryl methyl sites for hydroxylation is 2. The first-order valence-corrected chi connectivity index (χ1v) is 8.46. The van der Waals surface area contributed by atoms with Crippen molar-refractivity contribution in [1.82, 2.24) is 4.57 Å². The van der Waals surface area contributed by atoms with Crippen LogP contribution in [0.4, 0.5) is 0 Å². The minimum atomic E-state index is -0.953. The van der Waals surface area contributed by atoms with Crippen molar-refractivity contribution < 1.29 is 14.5 Å². The number of hydrogen-bond acceptors (Lipinski definition) is 2. The minimum absolute atomic E-state index is 0.141. The Balaban J connectivity index is 2.61. The molecule has 0 aliphatic rings. The molecule has 0 unspecified atom stereocenters. The summed E-state index contributed by atoms with van der Waals surface area (Å²) in [6, 6.07) is 0. The molecule has 0 saturated heterocycles. The van der Waals surface area contributed by atoms with Crippen molar-refractivity contribution in [3.8, 4) is 0 Å². The topological polar surface area (TPSA) is 48.9 Å². The lowest BCUT2D eigenvalue weighted by molar-refractivity contribution is -0.704. The molecule has 0 radical (unpaired) electrons. The quantitative estimate of drug-likeness (QED) is 0.438. The third-order valence-electron chi connectivity index (χ3n) is 3.88. The van der Waals surface area contributed by atoms with E-state index in [2.05, 4.69) is 35.4 Å². The molecule has 1 heterocycles. The van der Waals surface area contributed by atoms with Crippen molar-refractivity contribution in [3.05, 3.63) is 18.2 Å². The van der Waals surface area contributed by atoms with Gasteiger partial charge in [0, 0.05) is 12.4 Å². The van der Waals surface area contributed by atoms with Gasteiger partial charge in [-0.05, 0) is 25.7 Å². The molecule has 0 saturated carbocycles. The monoisotopic (exact) mass is 294 g/mol. The van der Waals surface area contributed by atoms with E-state index < -0.39 is 5.97 Å². The van der Waals surface area contributed by atoms with Gasteiger partial charge in [0.05, 0.1) is 13.1 Å². The number of imidazole rings is 1. The fourth-order valence-electron chi connectivity index (χ4n) is 2.62. The van der Waals surface area contributed by atoms with Gasteiger partial charge >= 0.3 is 0 Å². The molecule has 4 nitrogen and oxygen atoms in total. The summed E-state index contributed by atoms with van der Waals surface area (Å²) < 4.78 is 4.57. The maximum atomic E-state index is 10.5. The number of carboxylic acid groups (broad SMARTS) is 1. The predicted octanol–water partition coefficient (Wildman–Crippen LogP) is 2.23. The average Bonchev–Trinajstić information content (AvgIpc) is 2.83. The number of carbonyl (C=O) groups excluding carboxylic acids is 1. The smallest absolute Gasteiger partial charge is 0.256 e. The number of rotatable bonds is 12. The maximum absolute atomic E-state index is 10.5. The van der Waals surface area contributed by atoms with Crippen molar-refractivity contribution in [2.75, 3.05) is 0 Å². The summed E-state index contributed by atoms with van der Waals surface area (Å²) in [6.45, 7) is 6.27. The van der Waals surface area contributed by atoms with Crippen LogP contribution in [-0.2, 0) is 24.3 Å². The van der Waals surface area contributed by atoms with Crippen LogP contribution in [0, 0.1) is 0 Å². The van der Waals surface area contributed by atoms with Crippen LogP contribution in [0.5, 0.6) is 0 Å². The molecule has 1 aromatic heterocycles. The van der Waals surface area contributed by atoms with E-state index in [1.165, 1.54) is 44.3 Å². The molecule has 0 N–H and O–H groups in total. The summed E-state index contributed by atoms with van der Waals surface area (Å²) in [5.74, 6) is 0.392. The molecular weight excluding hydrogens is 264 g/mol. The average molecular weight is 294 g/mol. The highest BCUT2D eigenvalue weighted by atomic mass is 16.4. The number of carbonyl (C=O) groups is 1. The molecule has 120 valence electrons. The largest absolute Gasteiger partial charge is 0.550 e. The van der Waals surface area contributed by atoms with Crippen molar-refractivity contribution in [3.63, 3.8) is 0 Å². The van der Waals surface area contributed by atoms with E-state index in [1.54, 1.807) is 0 Å². The first kappa shape index (κ1) is 17.7. The van der Waals surface area contributed by atoms with Gasteiger partial charge in [0.1, 0.15) is 12.4 Å². The molecule has 0 atom stereocenters. The van der Waals surface area contributed by atoms with Crippen LogP contribution in [0.3, 0.4) is 0 Å². The van der Waals surface area contributed by atoms with Crippen molar-refractivity contribution in [2.24, 2.45) is 0 Å². The summed E-state index contributed by atoms with van der Waals surface area (Å²) >= 11 is 0. The Hall–Kier alpha value is -1.32. The van der Waals surface area contributed by atoms with Gasteiger partial charge in [-0.3, -0.25) is 0 Å². The van der Waals surface area contributed by atoms with Gasteiger partial charge in [0.15, 0.2) is 0 Å². The van der Waals surface area contributed by atoms with Crippen LogP contribution in [0.2, 0.25) is 0 Å². The van der Waals surface area contributed by atoms with Crippen LogP contribution in [0.25, 0.3) is 0 Å². The fourth-order valence-corrected chi connectivity index (χ4v) is 2.62. The van der Waals surface area contributed by atoms with Gasteiger partial charge < -0.3 is 9.90 Å². The standard InChI is InChI=1S/C17H30N2O2/c1-3-5-7-8-10-16-18(12-6-4-2)14-15-19(16)13-9-11-17(20)21/h14-15H,3-13H2,1-2H3. The molecule has 4 heteroatoms. The second-order valence-electron chi connectivity index (χ2n) is 5.74. The van der Waals surface area contributed by atoms with Crippen molar-refractivity contribution in [1.29, 1.82) is 0 Å². The third-order valence-corrected chi connectivity index (χ3v) is 3.88. The summed E-state index contributed by atoms with van der Waals surface area (Å²) in [5, 5.41) is 10.5. The number of aromatic nitrogens is 2. The number of unbranched alkanes of at least 4 members (excludes halogenated alkanes) is 4. The minimum Gasteiger partial charge on any atom is -0.550 e. The van der Waals surface area contributed by atoms with E-state index >= 15 is 0 Å². The Kier molecular flexibility index (Phi) is 8.79. The first-order chi connectivity index (χ1) is 10.2. The van der Waals surface area contributed by atoms with Crippen molar-refractivity contribution in [2.45, 2.75) is 84.7 Å². The lowest BCUT2D eigenvalue weighted by Crippen LogP contribution is -2.38. The van der Waals surface area contributed by atoms with E-state index in [0.717, 1.165) is 19.5 Å². The molecule has 0 aliphatic carbocycles.